The first-order valence-corrected chi connectivity index (χ1v) is 12.0. The van der Waals surface area contributed by atoms with Crippen LogP contribution >= 0.6 is 0 Å². The zero-order chi connectivity index (χ0) is 25.2. The van der Waals surface area contributed by atoms with Gasteiger partial charge in [0.25, 0.3) is 5.91 Å². The number of allylic oxidation sites excluding steroid dienone is 1. The Morgan fingerprint density at radius 1 is 1.42 bits per heavy atom. The Hall–Kier alpha value is -3.82. The van der Waals surface area contributed by atoms with E-state index in [9.17, 15) is 9.18 Å². The number of benzene rings is 1. The zero-order valence-corrected chi connectivity index (χ0v) is 20.4. The third kappa shape index (κ3) is 4.43. The maximum Gasteiger partial charge on any atom is 0.254 e. The second kappa shape index (κ2) is 10.0. The molecule has 0 saturated carbocycles. The first-order chi connectivity index (χ1) is 17.5. The number of pyridine rings is 1. The van der Waals surface area contributed by atoms with Gasteiger partial charge in [0.2, 0.25) is 0 Å². The summed E-state index contributed by atoms with van der Waals surface area (Å²) in [6.07, 6.45) is 6.16. The molecule has 0 bridgehead atoms. The number of fused-ring (bicyclic) bond motifs is 2. The van der Waals surface area contributed by atoms with Crippen molar-refractivity contribution in [1.29, 1.82) is 0 Å². The maximum atomic E-state index is 13.7. The van der Waals surface area contributed by atoms with Gasteiger partial charge in [-0.05, 0) is 49.7 Å². The highest BCUT2D eigenvalue weighted by Gasteiger charge is 2.28. The predicted octanol–water partition coefficient (Wildman–Crippen LogP) is 3.91. The molecule has 4 heterocycles. The molecule has 1 saturated heterocycles. The molecule has 9 heteroatoms. The zero-order valence-electron chi connectivity index (χ0n) is 20.4. The Labute approximate surface area is 209 Å². The molecule has 8 nitrogen and oxygen atoms in total. The number of amides is 1. The number of halogens is 1. The van der Waals surface area contributed by atoms with Crippen molar-refractivity contribution in [3.8, 4) is 11.3 Å². The van der Waals surface area contributed by atoms with E-state index in [1.54, 1.807) is 12.4 Å². The van der Waals surface area contributed by atoms with Crippen LogP contribution in [0.15, 0.2) is 65.7 Å². The second-order valence-corrected chi connectivity index (χ2v) is 8.89. The van der Waals surface area contributed by atoms with E-state index >= 15 is 0 Å². The molecule has 0 unspecified atom stereocenters. The van der Waals surface area contributed by atoms with Crippen molar-refractivity contribution in [3.05, 3.63) is 77.7 Å². The maximum absolute atomic E-state index is 13.7. The lowest BCUT2D eigenvalue weighted by molar-refractivity contribution is 0.0966. The molecule has 3 N–H and O–H groups in total. The van der Waals surface area contributed by atoms with Gasteiger partial charge in [-0.15, -0.1) is 0 Å². The largest absolute Gasteiger partial charge is 0.381 e. The Balaban J connectivity index is 1.49. The standard InChI is InChI=1S/C27H29FN6O2/c1-4-24(33-22(13-29-3)16(2)17-8-10-36-15-17)32-21-6-5-19(20-12-31-27(35)26(20)21)23-14-30-25-11-18(28)7-9-34(23)25/h4-7,9,11,14,17,29,32H,2,8,10,12-13,15H2,1,3H3,(H,31,35)/b24-4-,33-22-/t17-/m1/s1. The third-order valence-corrected chi connectivity index (χ3v) is 6.65. The average molecular weight is 489 g/mol. The van der Waals surface area contributed by atoms with Gasteiger partial charge in [-0.25, -0.2) is 14.4 Å². The molecule has 2 aromatic heterocycles. The monoisotopic (exact) mass is 488 g/mol. The smallest absolute Gasteiger partial charge is 0.254 e. The van der Waals surface area contributed by atoms with Gasteiger partial charge in [0.1, 0.15) is 17.3 Å². The van der Waals surface area contributed by atoms with Gasteiger partial charge in [0.15, 0.2) is 0 Å². The van der Waals surface area contributed by atoms with Gasteiger partial charge in [0.05, 0.1) is 35.5 Å². The normalized spacial score (nSPS) is 18.0. The van der Waals surface area contributed by atoms with Crippen LogP contribution in [-0.2, 0) is 11.3 Å². The Kier molecular flexibility index (Phi) is 6.67. The van der Waals surface area contributed by atoms with Crippen LogP contribution in [0.2, 0.25) is 0 Å². The molecule has 186 valence electrons. The van der Waals surface area contributed by atoms with Crippen molar-refractivity contribution in [2.75, 3.05) is 32.1 Å². The number of ether oxygens (including phenoxy) is 1. The summed E-state index contributed by atoms with van der Waals surface area (Å²) >= 11 is 0. The molecule has 1 aromatic carbocycles. The van der Waals surface area contributed by atoms with E-state index in [1.807, 2.05) is 36.6 Å². The Morgan fingerprint density at radius 3 is 3.03 bits per heavy atom. The van der Waals surface area contributed by atoms with E-state index in [4.69, 9.17) is 9.73 Å². The summed E-state index contributed by atoms with van der Waals surface area (Å²) in [7, 11) is 1.88. The van der Waals surface area contributed by atoms with Gasteiger partial charge in [-0.3, -0.25) is 9.20 Å². The molecule has 1 amide bonds. The minimum absolute atomic E-state index is 0.156. The summed E-state index contributed by atoms with van der Waals surface area (Å²) in [6, 6.07) is 6.60. The lowest BCUT2D eigenvalue weighted by Crippen LogP contribution is -2.24. The highest BCUT2D eigenvalue weighted by molar-refractivity contribution is 6.06. The molecule has 0 aliphatic carbocycles. The van der Waals surface area contributed by atoms with Crippen LogP contribution in [0.1, 0.15) is 29.3 Å². The summed E-state index contributed by atoms with van der Waals surface area (Å²) in [4.78, 5) is 22.1. The number of imidazole rings is 1. The van der Waals surface area contributed by atoms with E-state index in [0.717, 1.165) is 41.1 Å². The fraction of sp³-hybridized carbons (Fsp3) is 0.296. The summed E-state index contributed by atoms with van der Waals surface area (Å²) < 4.78 is 21.0. The summed E-state index contributed by atoms with van der Waals surface area (Å²) in [5, 5.41) is 9.45. The Bertz CT molecular complexity index is 1400. The van der Waals surface area contributed by atoms with Gasteiger partial charge >= 0.3 is 0 Å². The lowest BCUT2D eigenvalue weighted by atomic mass is 9.95. The van der Waals surface area contributed by atoms with Crippen molar-refractivity contribution < 1.29 is 13.9 Å². The van der Waals surface area contributed by atoms with Gasteiger partial charge in [-0.2, -0.15) is 0 Å². The number of carbonyl (C=O) groups is 1. The Morgan fingerprint density at radius 2 is 2.28 bits per heavy atom. The molecule has 0 spiro atoms. The summed E-state index contributed by atoms with van der Waals surface area (Å²) in [6.45, 7) is 8.55. The van der Waals surface area contributed by atoms with E-state index in [-0.39, 0.29) is 17.6 Å². The molecule has 2 aliphatic rings. The topological polar surface area (TPSA) is 92.0 Å². The molecule has 5 rings (SSSR count). The molecule has 2 aliphatic heterocycles. The van der Waals surface area contributed by atoms with E-state index < -0.39 is 0 Å². The lowest BCUT2D eigenvalue weighted by Gasteiger charge is -2.17. The van der Waals surface area contributed by atoms with Crippen LogP contribution in [-0.4, -0.2) is 47.8 Å². The first-order valence-electron chi connectivity index (χ1n) is 12.0. The van der Waals surface area contributed by atoms with Gasteiger partial charge < -0.3 is 20.7 Å². The number of nitrogens with zero attached hydrogens (tertiary/aromatic N) is 3. The number of rotatable bonds is 8. The second-order valence-electron chi connectivity index (χ2n) is 8.89. The SMILES string of the molecule is C=C(/C(CNC)=N\C(=C/C)Nc1ccc(-c2cnc3cc(F)ccn23)c2c1C(=O)NC2)[C@@H]1CCOC1. The number of nitrogens with one attached hydrogen (secondary N) is 3. The molecule has 1 fully saturated rings. The van der Waals surface area contributed by atoms with Crippen LogP contribution in [0.3, 0.4) is 0 Å². The molecule has 1 atom stereocenters. The summed E-state index contributed by atoms with van der Waals surface area (Å²) in [5.74, 6) is 0.377. The third-order valence-electron chi connectivity index (χ3n) is 6.65. The van der Waals surface area contributed by atoms with Crippen molar-refractivity contribution in [2.24, 2.45) is 10.9 Å². The fourth-order valence-corrected chi connectivity index (χ4v) is 4.73. The highest BCUT2D eigenvalue weighted by atomic mass is 19.1. The van der Waals surface area contributed by atoms with Crippen LogP contribution < -0.4 is 16.0 Å². The van der Waals surface area contributed by atoms with Crippen molar-refractivity contribution in [3.63, 3.8) is 0 Å². The van der Waals surface area contributed by atoms with Crippen molar-refractivity contribution in [1.82, 2.24) is 20.0 Å². The minimum atomic E-state index is -0.346. The van der Waals surface area contributed by atoms with Crippen LogP contribution in [0.25, 0.3) is 16.9 Å². The molecule has 3 aromatic rings. The van der Waals surface area contributed by atoms with Crippen molar-refractivity contribution in [2.45, 2.75) is 19.9 Å². The van der Waals surface area contributed by atoms with Crippen molar-refractivity contribution >= 4 is 23.0 Å². The first kappa shape index (κ1) is 23.9. The number of anilines is 1. The van der Waals surface area contributed by atoms with Crippen LogP contribution in [0.5, 0.6) is 0 Å². The van der Waals surface area contributed by atoms with Gasteiger partial charge in [0, 0.05) is 43.4 Å². The average Bonchev–Trinajstić information content (AvgIpc) is 3.63. The quantitative estimate of drug-likeness (QED) is 0.418. The van der Waals surface area contributed by atoms with Gasteiger partial charge in [-0.1, -0.05) is 12.6 Å². The molecule has 0 radical (unpaired) electrons. The van der Waals surface area contributed by atoms with Crippen LogP contribution in [0, 0.1) is 11.7 Å². The number of aliphatic imine (C=N–C) groups is 1. The number of hydrogen-bond donors (Lipinski definition) is 3. The van der Waals surface area contributed by atoms with E-state index in [1.165, 1.54) is 12.1 Å². The number of hydrogen-bond acceptors (Lipinski definition) is 6. The predicted molar refractivity (Wildman–Crippen MR) is 139 cm³/mol. The van der Waals surface area contributed by atoms with E-state index in [2.05, 4.69) is 27.5 Å². The highest BCUT2D eigenvalue weighted by Crippen LogP contribution is 2.35. The molecule has 36 heavy (non-hydrogen) atoms. The number of aromatic nitrogens is 2. The summed E-state index contributed by atoms with van der Waals surface area (Å²) in [5.41, 5.74) is 6.07. The molecular weight excluding hydrogens is 459 g/mol. The molecular formula is C27H29FN6O2. The van der Waals surface area contributed by atoms with Crippen LogP contribution in [0.4, 0.5) is 10.1 Å². The fourth-order valence-electron chi connectivity index (χ4n) is 4.73. The minimum Gasteiger partial charge on any atom is -0.381 e. The van der Waals surface area contributed by atoms with E-state index in [0.29, 0.717) is 42.4 Å². The number of carbonyl (C=O) groups excluding carboxylic acids is 1.